The Morgan fingerprint density at radius 1 is 0.769 bits per heavy atom. The molecule has 2 aromatic heterocycles. The zero-order valence-corrected chi connectivity index (χ0v) is 29.8. The van der Waals surface area contributed by atoms with Gasteiger partial charge in [0.05, 0.1) is 19.5 Å². The summed E-state index contributed by atoms with van der Waals surface area (Å²) in [6, 6.07) is 0. The van der Waals surface area contributed by atoms with Gasteiger partial charge < -0.3 is 64.2 Å². The summed E-state index contributed by atoms with van der Waals surface area (Å²) in [5.41, 5.74) is 0.304. The summed E-state index contributed by atoms with van der Waals surface area (Å²) in [6.45, 7) is -1.99. The number of phosphoric ester groups is 3. The monoisotopic (exact) mass is 803 g/mol. The van der Waals surface area contributed by atoms with Crippen LogP contribution >= 0.6 is 23.5 Å². The molecule has 26 heteroatoms. The molecule has 6 fully saturated rings. The maximum atomic E-state index is 12.3. The molecule has 52 heavy (non-hydrogen) atoms. The van der Waals surface area contributed by atoms with E-state index in [-0.39, 0.29) is 11.2 Å². The highest BCUT2D eigenvalue weighted by Crippen LogP contribution is 2.57. The number of nitrogens with zero attached hydrogens (tertiary/aromatic N) is 4. The SMILES string of the molecule is O=P(O)(O)OC1[C@@H](OP(=O)(O)O)C(CO)O[C@@H](O[C@@H]2[C@H](OP(=O)(O)O)C(n3cnc4c(NC56CC7CC(CC(C7)C5)C6)ncnc43)O[C@@H]2CO)[C@H]1O. The Balaban J connectivity index is 1.19. The molecular weight excluding hydrogens is 763 g/mol. The Morgan fingerprint density at radius 3 is 1.87 bits per heavy atom. The van der Waals surface area contributed by atoms with Crippen molar-refractivity contribution < 1.29 is 86.2 Å². The van der Waals surface area contributed by atoms with Gasteiger partial charge in [-0.2, -0.15) is 0 Å². The van der Waals surface area contributed by atoms with Crippen LogP contribution in [0.5, 0.6) is 0 Å². The molecule has 2 aliphatic heterocycles. The van der Waals surface area contributed by atoms with Crippen molar-refractivity contribution in [3.05, 3.63) is 12.7 Å². The molecule has 3 unspecified atom stereocenters. The van der Waals surface area contributed by atoms with E-state index in [4.69, 9.17) is 18.7 Å². The molecule has 4 heterocycles. The second-order valence-electron chi connectivity index (χ2n) is 14.1. The van der Waals surface area contributed by atoms with Gasteiger partial charge >= 0.3 is 23.5 Å². The van der Waals surface area contributed by atoms with E-state index < -0.39 is 91.9 Å². The van der Waals surface area contributed by atoms with Crippen LogP contribution in [0.15, 0.2) is 12.7 Å². The van der Waals surface area contributed by atoms with Crippen molar-refractivity contribution in [1.29, 1.82) is 0 Å². The smallest absolute Gasteiger partial charge is 0.394 e. The number of rotatable bonds is 13. The predicted molar refractivity (Wildman–Crippen MR) is 168 cm³/mol. The lowest BCUT2D eigenvalue weighted by molar-refractivity contribution is -0.313. The molecule has 10 N–H and O–H groups in total. The average Bonchev–Trinajstić information content (AvgIpc) is 3.59. The maximum Gasteiger partial charge on any atom is 0.470 e. The van der Waals surface area contributed by atoms with Gasteiger partial charge in [0.2, 0.25) is 0 Å². The highest BCUT2D eigenvalue weighted by molar-refractivity contribution is 7.46. The zero-order valence-electron chi connectivity index (χ0n) is 27.1. The highest BCUT2D eigenvalue weighted by atomic mass is 31.2. The molecule has 0 aromatic carbocycles. The number of nitrogens with one attached hydrogen (secondary N) is 1. The van der Waals surface area contributed by atoms with Crippen molar-refractivity contribution >= 4 is 40.4 Å². The largest absolute Gasteiger partial charge is 0.470 e. The summed E-state index contributed by atoms with van der Waals surface area (Å²) in [6.07, 6.45) is -8.24. The first-order valence-electron chi connectivity index (χ1n) is 16.4. The molecule has 0 radical (unpaired) electrons. The number of hydrogen-bond acceptors (Lipinski definition) is 16. The van der Waals surface area contributed by atoms with E-state index in [0.717, 1.165) is 19.3 Å². The lowest BCUT2D eigenvalue weighted by Crippen LogP contribution is -2.61. The minimum Gasteiger partial charge on any atom is -0.394 e. The van der Waals surface area contributed by atoms with E-state index in [2.05, 4.69) is 29.3 Å². The van der Waals surface area contributed by atoms with Gasteiger partial charge in [0, 0.05) is 5.54 Å². The third-order valence-corrected chi connectivity index (χ3v) is 11.9. The Hall–Kier alpha value is -1.56. The van der Waals surface area contributed by atoms with E-state index in [0.29, 0.717) is 29.1 Å². The van der Waals surface area contributed by atoms with Gasteiger partial charge in [-0.3, -0.25) is 18.1 Å². The standard InChI is InChI=1S/C26H40N5O18P3/c32-7-14-18(46-25-17(34)20(48-51(38,39)40)19(15(8-33)45-25)47-50(35,36)37)21(49-52(41,42)43)24(44-14)31-10-29-16-22(27-9-28-23(16)31)30-26-4-11-1-12(5-26)3-13(2-11)6-26/h9-15,17-21,24-25,32-34H,1-8H2,(H,27,28,30)(H2,35,36,37)(H2,38,39,40)(H2,41,42,43)/t11?,12?,13?,14-,15?,17+,18+,19+,20?,21+,24?,25+,26?/m1/s1. The van der Waals surface area contributed by atoms with Crippen LogP contribution in [-0.4, -0.2) is 132 Å². The number of aliphatic hydroxyl groups is 3. The summed E-state index contributed by atoms with van der Waals surface area (Å²) in [7, 11) is -16.4. The number of anilines is 1. The van der Waals surface area contributed by atoms with Crippen LogP contribution in [0.4, 0.5) is 5.82 Å². The Kier molecular flexibility index (Phi) is 10.6. The molecule has 4 aliphatic carbocycles. The Morgan fingerprint density at radius 2 is 1.31 bits per heavy atom. The molecule has 4 bridgehead atoms. The minimum absolute atomic E-state index is 0.158. The highest BCUT2D eigenvalue weighted by Gasteiger charge is 2.57. The number of aromatic nitrogens is 4. The summed E-state index contributed by atoms with van der Waals surface area (Å²) < 4.78 is 68.4. The number of imidazole rings is 1. The third-order valence-electron chi connectivity index (χ3n) is 10.4. The summed E-state index contributed by atoms with van der Waals surface area (Å²) in [5.74, 6) is 2.32. The molecule has 2 saturated heterocycles. The molecule has 2 aromatic rings. The van der Waals surface area contributed by atoms with Crippen molar-refractivity contribution in [2.24, 2.45) is 17.8 Å². The first kappa shape index (κ1) is 38.7. The maximum absolute atomic E-state index is 12.3. The van der Waals surface area contributed by atoms with Crippen LogP contribution < -0.4 is 5.32 Å². The van der Waals surface area contributed by atoms with E-state index >= 15 is 0 Å². The van der Waals surface area contributed by atoms with Crippen LogP contribution in [0.3, 0.4) is 0 Å². The van der Waals surface area contributed by atoms with Crippen LogP contribution in [0, 0.1) is 17.8 Å². The van der Waals surface area contributed by atoms with E-state index in [1.165, 1.54) is 36.5 Å². The van der Waals surface area contributed by atoms with Crippen LogP contribution in [-0.2, 0) is 41.5 Å². The normalized spacial score (nSPS) is 39.4. The number of hydrogen-bond donors (Lipinski definition) is 10. The summed E-state index contributed by atoms with van der Waals surface area (Å²) >= 11 is 0. The minimum atomic E-state index is -5.53. The molecule has 4 saturated carbocycles. The lowest BCUT2D eigenvalue weighted by atomic mass is 9.53. The van der Waals surface area contributed by atoms with Crippen molar-refractivity contribution in [2.45, 2.75) is 99.3 Å². The fourth-order valence-corrected chi connectivity index (χ4v) is 10.7. The average molecular weight is 804 g/mol. The molecule has 0 spiro atoms. The molecule has 0 amide bonds. The topological polar surface area (TPSA) is 344 Å². The fraction of sp³-hybridized carbons (Fsp3) is 0.808. The number of fused-ring (bicyclic) bond motifs is 1. The molecular formula is C26H40N5O18P3. The predicted octanol–water partition coefficient (Wildman–Crippen LogP) is -1.01. The summed E-state index contributed by atoms with van der Waals surface area (Å²) in [5, 5.41) is 34.9. The quantitative estimate of drug-likeness (QED) is 0.108. The summed E-state index contributed by atoms with van der Waals surface area (Å²) in [4.78, 5) is 70.8. The van der Waals surface area contributed by atoms with Crippen molar-refractivity contribution in [2.75, 3.05) is 18.5 Å². The first-order chi connectivity index (χ1) is 24.3. The Bertz CT molecular complexity index is 1730. The van der Waals surface area contributed by atoms with E-state index in [1.807, 2.05) is 0 Å². The lowest BCUT2D eigenvalue weighted by Gasteiger charge is -2.57. The number of ether oxygens (including phenoxy) is 3. The number of aliphatic hydroxyl groups excluding tert-OH is 3. The molecule has 23 nitrogen and oxygen atoms in total. The van der Waals surface area contributed by atoms with Crippen molar-refractivity contribution in [1.82, 2.24) is 19.5 Å². The Labute approximate surface area is 294 Å². The molecule has 6 aliphatic rings. The first-order valence-corrected chi connectivity index (χ1v) is 21.0. The van der Waals surface area contributed by atoms with Crippen LogP contribution in [0.25, 0.3) is 11.2 Å². The van der Waals surface area contributed by atoms with Gasteiger partial charge in [-0.1, -0.05) is 0 Å². The second-order valence-corrected chi connectivity index (χ2v) is 17.7. The third kappa shape index (κ3) is 8.04. The molecule has 292 valence electrons. The zero-order chi connectivity index (χ0) is 37.4. The van der Waals surface area contributed by atoms with Gasteiger partial charge in [0.25, 0.3) is 0 Å². The van der Waals surface area contributed by atoms with Crippen LogP contribution in [0.1, 0.15) is 44.8 Å². The van der Waals surface area contributed by atoms with Crippen molar-refractivity contribution in [3.8, 4) is 0 Å². The van der Waals surface area contributed by atoms with E-state index in [1.54, 1.807) is 0 Å². The van der Waals surface area contributed by atoms with Gasteiger partial charge in [0.15, 0.2) is 29.5 Å². The van der Waals surface area contributed by atoms with Gasteiger partial charge in [-0.15, -0.1) is 0 Å². The number of phosphoric acid groups is 3. The van der Waals surface area contributed by atoms with Gasteiger partial charge in [-0.05, 0) is 56.3 Å². The van der Waals surface area contributed by atoms with Gasteiger partial charge in [0.1, 0.15) is 49.1 Å². The van der Waals surface area contributed by atoms with E-state index in [9.17, 15) is 58.4 Å². The second kappa shape index (κ2) is 14.2. The van der Waals surface area contributed by atoms with Crippen molar-refractivity contribution in [3.63, 3.8) is 0 Å². The van der Waals surface area contributed by atoms with Gasteiger partial charge in [-0.25, -0.2) is 28.6 Å². The molecule has 9 atom stereocenters. The molecule has 8 rings (SSSR count). The fourth-order valence-electron chi connectivity index (χ4n) is 9.03. The van der Waals surface area contributed by atoms with Crippen LogP contribution in [0.2, 0.25) is 0 Å².